The third-order valence-corrected chi connectivity index (χ3v) is 6.67. The lowest BCUT2D eigenvalue weighted by Gasteiger charge is -2.21. The number of benzene rings is 1. The second-order valence-corrected chi connectivity index (χ2v) is 9.72. The number of aliphatic hydroxyl groups is 2. The highest BCUT2D eigenvalue weighted by molar-refractivity contribution is 5.69. The van der Waals surface area contributed by atoms with E-state index in [4.69, 9.17) is 14.2 Å². The Bertz CT molecular complexity index is 733. The van der Waals surface area contributed by atoms with E-state index in [-0.39, 0.29) is 36.6 Å². The predicted octanol–water partition coefficient (Wildman–Crippen LogP) is 4.29. The third kappa shape index (κ3) is 8.43. The summed E-state index contributed by atoms with van der Waals surface area (Å²) < 4.78 is 17.0. The Balaban J connectivity index is 1.41. The van der Waals surface area contributed by atoms with Gasteiger partial charge in [-0.1, -0.05) is 36.8 Å². The van der Waals surface area contributed by atoms with Crippen LogP contribution in [0.4, 0.5) is 0 Å². The number of carbonyl (C=O) groups excluding carboxylic acids is 1. The number of para-hydroxylation sites is 1. The van der Waals surface area contributed by atoms with E-state index < -0.39 is 12.2 Å². The van der Waals surface area contributed by atoms with Gasteiger partial charge < -0.3 is 24.4 Å². The zero-order chi connectivity index (χ0) is 23.6. The Morgan fingerprint density at radius 1 is 1.21 bits per heavy atom. The molecule has 1 aromatic carbocycles. The van der Waals surface area contributed by atoms with Gasteiger partial charge in [0.2, 0.25) is 0 Å². The number of hydrogen-bond donors (Lipinski definition) is 2. The van der Waals surface area contributed by atoms with Crippen molar-refractivity contribution in [3.05, 3.63) is 42.5 Å². The van der Waals surface area contributed by atoms with Gasteiger partial charge in [-0.15, -0.1) is 0 Å². The summed E-state index contributed by atoms with van der Waals surface area (Å²) in [6.07, 6.45) is 8.64. The monoisotopic (exact) mass is 460 g/mol. The van der Waals surface area contributed by atoms with Crippen molar-refractivity contribution in [2.75, 3.05) is 13.2 Å². The minimum absolute atomic E-state index is 0.00840. The second-order valence-electron chi connectivity index (χ2n) is 9.72. The molecule has 1 saturated heterocycles. The lowest BCUT2D eigenvalue weighted by molar-refractivity contribution is -0.147. The molecule has 0 spiro atoms. The van der Waals surface area contributed by atoms with Gasteiger partial charge in [0.1, 0.15) is 18.5 Å². The Morgan fingerprint density at radius 2 is 2.00 bits per heavy atom. The van der Waals surface area contributed by atoms with Crippen molar-refractivity contribution in [1.82, 2.24) is 0 Å². The lowest BCUT2D eigenvalue weighted by Crippen LogP contribution is -2.22. The van der Waals surface area contributed by atoms with Crippen LogP contribution in [0.1, 0.15) is 58.8 Å². The van der Waals surface area contributed by atoms with Crippen molar-refractivity contribution < 1.29 is 29.2 Å². The number of carbonyl (C=O) groups is 1. The molecule has 2 aliphatic rings. The molecule has 2 N–H and O–H groups in total. The molecule has 0 radical (unpaired) electrons. The molecule has 6 nitrogen and oxygen atoms in total. The topological polar surface area (TPSA) is 85.2 Å². The van der Waals surface area contributed by atoms with Crippen molar-refractivity contribution in [3.63, 3.8) is 0 Å². The molecule has 1 saturated carbocycles. The average Bonchev–Trinajstić information content (AvgIpc) is 2.95. The van der Waals surface area contributed by atoms with Crippen LogP contribution in [0.5, 0.6) is 5.75 Å². The molecule has 3 rings (SSSR count). The number of aliphatic hydroxyl groups excluding tert-OH is 2. The van der Waals surface area contributed by atoms with Crippen LogP contribution in [0.25, 0.3) is 0 Å². The summed E-state index contributed by atoms with van der Waals surface area (Å²) >= 11 is 0. The number of fused-ring (bicyclic) bond motifs is 1. The highest BCUT2D eigenvalue weighted by Gasteiger charge is 2.43. The van der Waals surface area contributed by atoms with Gasteiger partial charge in [0.15, 0.2) is 0 Å². The van der Waals surface area contributed by atoms with E-state index in [2.05, 4.69) is 0 Å². The lowest BCUT2D eigenvalue weighted by atomic mass is 9.86. The first-order valence-electron chi connectivity index (χ1n) is 12.5. The summed E-state index contributed by atoms with van der Waals surface area (Å²) in [7, 11) is 0. The van der Waals surface area contributed by atoms with E-state index in [9.17, 15) is 15.0 Å². The quantitative estimate of drug-likeness (QED) is 0.291. The first-order valence-corrected chi connectivity index (χ1v) is 12.5. The van der Waals surface area contributed by atoms with Gasteiger partial charge in [-0.3, -0.25) is 4.79 Å². The van der Waals surface area contributed by atoms with Crippen molar-refractivity contribution in [1.29, 1.82) is 0 Å². The van der Waals surface area contributed by atoms with Crippen LogP contribution in [0, 0.1) is 17.8 Å². The van der Waals surface area contributed by atoms with Gasteiger partial charge in [0.05, 0.1) is 18.3 Å². The molecule has 0 bridgehead atoms. The van der Waals surface area contributed by atoms with Gasteiger partial charge in [-0.2, -0.15) is 0 Å². The first kappa shape index (κ1) is 25.7. The van der Waals surface area contributed by atoms with Crippen LogP contribution in [-0.2, 0) is 14.3 Å². The van der Waals surface area contributed by atoms with Crippen molar-refractivity contribution in [3.8, 4) is 5.75 Å². The van der Waals surface area contributed by atoms with E-state index in [0.29, 0.717) is 25.4 Å². The number of unbranched alkanes of at least 4 members (excludes halogenated alkanes) is 1. The Kier molecular flexibility index (Phi) is 10.2. The standard InChI is InChI=1S/C27H40O6/c1-19(2)33-27(30)11-7-6-8-20-12-14-24-23(25(29)16-26(24)32-17-20)15-13-21(28)18-31-22-9-4-3-5-10-22/h3-5,9-10,13,15,19-21,23-26,28-29H,6-8,11-12,14,16-18H2,1-2H3/b15-13+/t20-,21+,23+,24+,25+,26-/m0/s1. The summed E-state index contributed by atoms with van der Waals surface area (Å²) in [6.45, 7) is 4.64. The summed E-state index contributed by atoms with van der Waals surface area (Å²) in [5, 5.41) is 20.9. The molecule has 2 fully saturated rings. The molecule has 184 valence electrons. The van der Waals surface area contributed by atoms with Gasteiger partial charge in [0, 0.05) is 25.4 Å². The molecule has 0 amide bonds. The summed E-state index contributed by atoms with van der Waals surface area (Å²) in [6, 6.07) is 9.43. The van der Waals surface area contributed by atoms with Gasteiger partial charge in [-0.05, 0) is 63.5 Å². The summed E-state index contributed by atoms with van der Waals surface area (Å²) in [5.74, 6) is 1.36. The van der Waals surface area contributed by atoms with E-state index in [1.54, 1.807) is 6.08 Å². The third-order valence-electron chi connectivity index (χ3n) is 6.67. The van der Waals surface area contributed by atoms with E-state index in [1.165, 1.54) is 0 Å². The van der Waals surface area contributed by atoms with Gasteiger partial charge in [0.25, 0.3) is 0 Å². The molecule has 1 aliphatic carbocycles. The van der Waals surface area contributed by atoms with Crippen molar-refractivity contribution in [2.45, 2.75) is 83.2 Å². The zero-order valence-electron chi connectivity index (χ0n) is 20.0. The summed E-state index contributed by atoms with van der Waals surface area (Å²) in [4.78, 5) is 11.7. The van der Waals surface area contributed by atoms with E-state index in [1.807, 2.05) is 50.3 Å². The second kappa shape index (κ2) is 13.1. The fraction of sp³-hybridized carbons (Fsp3) is 0.667. The number of esters is 1. The molecule has 0 unspecified atom stereocenters. The molecule has 1 aliphatic heterocycles. The van der Waals surface area contributed by atoms with Crippen LogP contribution in [0.15, 0.2) is 42.5 Å². The molecular formula is C27H40O6. The van der Waals surface area contributed by atoms with Crippen molar-refractivity contribution >= 4 is 5.97 Å². The normalized spacial score (nSPS) is 28.5. The smallest absolute Gasteiger partial charge is 0.306 e. The fourth-order valence-corrected chi connectivity index (χ4v) is 4.98. The summed E-state index contributed by atoms with van der Waals surface area (Å²) in [5.41, 5.74) is 0. The molecule has 6 atom stereocenters. The number of rotatable bonds is 11. The van der Waals surface area contributed by atoms with E-state index >= 15 is 0 Å². The van der Waals surface area contributed by atoms with Gasteiger partial charge >= 0.3 is 5.97 Å². The largest absolute Gasteiger partial charge is 0.491 e. The first-order chi connectivity index (χ1) is 15.9. The maximum absolute atomic E-state index is 11.7. The molecule has 6 heteroatoms. The highest BCUT2D eigenvalue weighted by Crippen LogP contribution is 2.42. The van der Waals surface area contributed by atoms with Crippen LogP contribution in [0.3, 0.4) is 0 Å². The Hall–Kier alpha value is -1.89. The molecule has 0 aromatic heterocycles. The SMILES string of the molecule is CC(C)OC(=O)CCCC[C@H]1CC[C@@H]2[C@@H](/C=C/[C@@H](O)COc3ccccc3)[C@H](O)C[C@@H]2OC1. The molecule has 33 heavy (non-hydrogen) atoms. The minimum atomic E-state index is -0.724. The van der Waals surface area contributed by atoms with Crippen molar-refractivity contribution in [2.24, 2.45) is 17.8 Å². The van der Waals surface area contributed by atoms with Crippen LogP contribution in [-0.4, -0.2) is 53.8 Å². The van der Waals surface area contributed by atoms with Crippen LogP contribution >= 0.6 is 0 Å². The van der Waals surface area contributed by atoms with Gasteiger partial charge in [-0.25, -0.2) is 0 Å². The number of hydrogen-bond acceptors (Lipinski definition) is 6. The minimum Gasteiger partial charge on any atom is -0.491 e. The highest BCUT2D eigenvalue weighted by atomic mass is 16.5. The number of ether oxygens (including phenoxy) is 3. The van der Waals surface area contributed by atoms with E-state index in [0.717, 1.165) is 37.9 Å². The molecular weight excluding hydrogens is 420 g/mol. The fourth-order valence-electron chi connectivity index (χ4n) is 4.98. The maximum Gasteiger partial charge on any atom is 0.306 e. The average molecular weight is 461 g/mol. The zero-order valence-corrected chi connectivity index (χ0v) is 20.0. The Labute approximate surface area is 197 Å². The van der Waals surface area contributed by atoms with Crippen LogP contribution < -0.4 is 4.74 Å². The Morgan fingerprint density at radius 3 is 2.76 bits per heavy atom. The maximum atomic E-state index is 11.7. The van der Waals surface area contributed by atoms with Crippen LogP contribution in [0.2, 0.25) is 0 Å². The molecule has 1 heterocycles. The molecule has 1 aromatic rings. The predicted molar refractivity (Wildman–Crippen MR) is 127 cm³/mol.